The second-order valence-corrected chi connectivity index (χ2v) is 10.4. The SMILES string of the molecule is CC[C@H](c1nnnn1C1CCCCC1)N(Cc1cc2c(C)cc(C)cc2[nH]c1=O)C[C@H]1CCCO1. The highest BCUT2D eigenvalue weighted by Crippen LogP contribution is 2.33. The summed E-state index contributed by atoms with van der Waals surface area (Å²) in [6, 6.07) is 6.67. The van der Waals surface area contributed by atoms with Gasteiger partial charge in [0.1, 0.15) is 0 Å². The molecule has 0 bridgehead atoms. The largest absolute Gasteiger partial charge is 0.377 e. The summed E-state index contributed by atoms with van der Waals surface area (Å²) in [5.41, 5.74) is 3.98. The highest BCUT2D eigenvalue weighted by atomic mass is 16.5. The molecule has 1 aliphatic carbocycles. The van der Waals surface area contributed by atoms with E-state index in [1.54, 1.807) is 0 Å². The molecular weight excluding hydrogens is 440 g/mol. The third-order valence-electron chi connectivity index (χ3n) is 7.79. The van der Waals surface area contributed by atoms with Gasteiger partial charge in [0.05, 0.1) is 18.2 Å². The van der Waals surface area contributed by atoms with E-state index in [0.29, 0.717) is 12.6 Å². The molecule has 188 valence electrons. The number of H-pyrrole nitrogens is 1. The molecule has 3 heterocycles. The summed E-state index contributed by atoms with van der Waals surface area (Å²) < 4.78 is 8.10. The van der Waals surface area contributed by atoms with E-state index in [0.717, 1.165) is 73.1 Å². The van der Waals surface area contributed by atoms with Gasteiger partial charge in [0.15, 0.2) is 5.82 Å². The molecule has 1 saturated heterocycles. The van der Waals surface area contributed by atoms with E-state index in [-0.39, 0.29) is 17.7 Å². The molecule has 0 spiro atoms. The van der Waals surface area contributed by atoms with Gasteiger partial charge in [0.25, 0.3) is 5.56 Å². The normalized spacial score (nSPS) is 20.2. The first-order valence-corrected chi connectivity index (χ1v) is 13.3. The number of benzene rings is 1. The van der Waals surface area contributed by atoms with E-state index in [1.807, 2.05) is 6.07 Å². The summed E-state index contributed by atoms with van der Waals surface area (Å²) in [5.74, 6) is 0.918. The number of hydrogen-bond donors (Lipinski definition) is 1. The number of nitrogens with one attached hydrogen (secondary N) is 1. The minimum absolute atomic E-state index is 0.0188. The Kier molecular flexibility index (Phi) is 7.29. The Morgan fingerprint density at radius 3 is 2.71 bits per heavy atom. The quantitative estimate of drug-likeness (QED) is 0.502. The lowest BCUT2D eigenvalue weighted by Gasteiger charge is -2.33. The molecule has 2 aliphatic rings. The van der Waals surface area contributed by atoms with Crippen LogP contribution in [0.2, 0.25) is 0 Å². The molecule has 1 aliphatic heterocycles. The number of hydrogen-bond acceptors (Lipinski definition) is 6. The number of rotatable bonds is 8. The number of tetrazole rings is 1. The fraction of sp³-hybridized carbons (Fsp3) is 0.630. The van der Waals surface area contributed by atoms with Crippen LogP contribution in [0.15, 0.2) is 23.0 Å². The molecule has 2 aromatic heterocycles. The van der Waals surface area contributed by atoms with Gasteiger partial charge < -0.3 is 9.72 Å². The smallest absolute Gasteiger partial charge is 0.252 e. The van der Waals surface area contributed by atoms with Crippen LogP contribution in [0, 0.1) is 13.8 Å². The molecule has 35 heavy (non-hydrogen) atoms. The number of fused-ring (bicyclic) bond motifs is 1. The Balaban J connectivity index is 1.50. The standard InChI is InChI=1S/C27H38N6O2/c1-4-25(26-29-30-31-33(26)21-9-6-5-7-10-21)32(17-22-11-8-12-35-22)16-20-15-23-19(3)13-18(2)14-24(23)28-27(20)34/h13-15,21-22,25H,4-12,16-17H2,1-3H3,(H,28,34)/t22-,25-/m1/s1. The highest BCUT2D eigenvalue weighted by molar-refractivity contribution is 5.83. The van der Waals surface area contributed by atoms with Crippen molar-refractivity contribution in [1.29, 1.82) is 0 Å². The lowest BCUT2D eigenvalue weighted by atomic mass is 9.95. The number of aryl methyl sites for hydroxylation is 2. The molecule has 2 fully saturated rings. The molecule has 8 heteroatoms. The van der Waals surface area contributed by atoms with Crippen molar-refractivity contribution >= 4 is 10.9 Å². The van der Waals surface area contributed by atoms with Crippen molar-refractivity contribution in [2.45, 2.75) is 96.9 Å². The molecule has 5 rings (SSSR count). The molecule has 1 N–H and O–H groups in total. The van der Waals surface area contributed by atoms with Crippen LogP contribution in [-0.2, 0) is 11.3 Å². The third kappa shape index (κ3) is 5.19. The van der Waals surface area contributed by atoms with Crippen LogP contribution in [0.4, 0.5) is 0 Å². The monoisotopic (exact) mass is 478 g/mol. The van der Waals surface area contributed by atoms with E-state index >= 15 is 0 Å². The number of aromatic nitrogens is 5. The summed E-state index contributed by atoms with van der Waals surface area (Å²) in [6.45, 7) is 8.46. The Morgan fingerprint density at radius 2 is 1.97 bits per heavy atom. The summed E-state index contributed by atoms with van der Waals surface area (Å²) in [7, 11) is 0. The van der Waals surface area contributed by atoms with Crippen molar-refractivity contribution in [3.63, 3.8) is 0 Å². The van der Waals surface area contributed by atoms with Gasteiger partial charge in [-0.05, 0) is 79.6 Å². The maximum absolute atomic E-state index is 13.2. The van der Waals surface area contributed by atoms with Crippen LogP contribution in [0.3, 0.4) is 0 Å². The van der Waals surface area contributed by atoms with Crippen molar-refractivity contribution in [2.75, 3.05) is 13.2 Å². The molecular formula is C27H38N6O2. The maximum atomic E-state index is 13.2. The van der Waals surface area contributed by atoms with E-state index < -0.39 is 0 Å². The van der Waals surface area contributed by atoms with Crippen molar-refractivity contribution in [3.8, 4) is 0 Å². The van der Waals surface area contributed by atoms with E-state index in [4.69, 9.17) is 4.74 Å². The zero-order chi connectivity index (χ0) is 24.4. The van der Waals surface area contributed by atoms with Crippen LogP contribution in [-0.4, -0.2) is 49.3 Å². The van der Waals surface area contributed by atoms with Gasteiger partial charge in [-0.15, -0.1) is 5.10 Å². The van der Waals surface area contributed by atoms with Crippen molar-refractivity contribution in [1.82, 2.24) is 30.1 Å². The van der Waals surface area contributed by atoms with E-state index in [2.05, 4.69) is 63.0 Å². The molecule has 8 nitrogen and oxygen atoms in total. The summed E-state index contributed by atoms with van der Waals surface area (Å²) in [4.78, 5) is 18.7. The van der Waals surface area contributed by atoms with Crippen molar-refractivity contribution in [3.05, 3.63) is 51.1 Å². The van der Waals surface area contributed by atoms with Gasteiger partial charge in [0.2, 0.25) is 0 Å². The Labute approximate surface area is 207 Å². The van der Waals surface area contributed by atoms with Gasteiger partial charge in [-0.3, -0.25) is 9.69 Å². The molecule has 2 atom stereocenters. The summed E-state index contributed by atoms with van der Waals surface area (Å²) in [5, 5.41) is 14.2. The molecule has 0 unspecified atom stereocenters. The number of pyridine rings is 1. The lowest BCUT2D eigenvalue weighted by Crippen LogP contribution is -2.38. The molecule has 3 aromatic rings. The minimum Gasteiger partial charge on any atom is -0.377 e. The fourth-order valence-corrected chi connectivity index (χ4v) is 6.01. The Bertz CT molecular complexity index is 1210. The van der Waals surface area contributed by atoms with Crippen LogP contribution in [0.1, 0.15) is 92.9 Å². The van der Waals surface area contributed by atoms with Gasteiger partial charge in [-0.1, -0.05) is 32.3 Å². The number of aromatic amines is 1. The van der Waals surface area contributed by atoms with Crippen molar-refractivity contribution < 1.29 is 4.74 Å². The number of nitrogens with zero attached hydrogens (tertiary/aromatic N) is 5. The lowest BCUT2D eigenvalue weighted by molar-refractivity contribution is 0.0481. The third-order valence-corrected chi connectivity index (χ3v) is 7.79. The number of ether oxygens (including phenoxy) is 1. The average Bonchev–Trinajstić information content (AvgIpc) is 3.53. The maximum Gasteiger partial charge on any atom is 0.252 e. The van der Waals surface area contributed by atoms with Gasteiger partial charge in [0, 0.05) is 36.2 Å². The topological polar surface area (TPSA) is 88.9 Å². The zero-order valence-corrected chi connectivity index (χ0v) is 21.3. The second-order valence-electron chi connectivity index (χ2n) is 10.4. The minimum atomic E-state index is -0.0263. The highest BCUT2D eigenvalue weighted by Gasteiger charge is 2.31. The summed E-state index contributed by atoms with van der Waals surface area (Å²) >= 11 is 0. The molecule has 1 saturated carbocycles. The van der Waals surface area contributed by atoms with Crippen LogP contribution >= 0.6 is 0 Å². The Morgan fingerprint density at radius 1 is 1.14 bits per heavy atom. The van der Waals surface area contributed by atoms with Gasteiger partial charge in [-0.2, -0.15) is 0 Å². The first-order valence-electron chi connectivity index (χ1n) is 13.3. The first kappa shape index (κ1) is 24.1. The van der Waals surface area contributed by atoms with Gasteiger partial charge in [-0.25, -0.2) is 4.68 Å². The Hall–Kier alpha value is -2.58. The fourth-order valence-electron chi connectivity index (χ4n) is 6.01. The molecule has 0 radical (unpaired) electrons. The van der Waals surface area contributed by atoms with Crippen LogP contribution < -0.4 is 5.56 Å². The van der Waals surface area contributed by atoms with Crippen LogP contribution in [0.25, 0.3) is 10.9 Å². The first-order chi connectivity index (χ1) is 17.0. The second kappa shape index (κ2) is 10.6. The zero-order valence-electron chi connectivity index (χ0n) is 21.3. The molecule has 1 aromatic carbocycles. The molecule has 0 amide bonds. The summed E-state index contributed by atoms with van der Waals surface area (Å²) in [6.07, 6.45) is 9.18. The predicted octanol–water partition coefficient (Wildman–Crippen LogP) is 4.77. The predicted molar refractivity (Wildman–Crippen MR) is 136 cm³/mol. The van der Waals surface area contributed by atoms with Crippen molar-refractivity contribution in [2.24, 2.45) is 0 Å². The average molecular weight is 479 g/mol. The van der Waals surface area contributed by atoms with Gasteiger partial charge >= 0.3 is 0 Å². The van der Waals surface area contributed by atoms with Crippen LogP contribution in [0.5, 0.6) is 0 Å². The van der Waals surface area contributed by atoms with E-state index in [9.17, 15) is 4.79 Å². The van der Waals surface area contributed by atoms with E-state index in [1.165, 1.54) is 24.8 Å².